The van der Waals surface area contributed by atoms with Crippen molar-refractivity contribution in [2.24, 2.45) is 0 Å². The van der Waals surface area contributed by atoms with E-state index in [1.807, 2.05) is 6.92 Å². The van der Waals surface area contributed by atoms with Gasteiger partial charge in [0.25, 0.3) is 5.91 Å². The number of amides is 1. The quantitative estimate of drug-likeness (QED) is 0.633. The number of hydrogen-bond donors (Lipinski definition) is 1. The van der Waals surface area contributed by atoms with Crippen LogP contribution in [0.4, 0.5) is 0 Å². The molecule has 0 aliphatic rings. The summed E-state index contributed by atoms with van der Waals surface area (Å²) in [6.07, 6.45) is 4.65. The van der Waals surface area contributed by atoms with Gasteiger partial charge in [-0.2, -0.15) is 5.10 Å². The Balaban J connectivity index is 1.79. The molecule has 0 aliphatic heterocycles. The van der Waals surface area contributed by atoms with Gasteiger partial charge in [-0.25, -0.2) is 9.78 Å². The van der Waals surface area contributed by atoms with Crippen LogP contribution in [-0.4, -0.2) is 44.3 Å². The molecular formula is C20H21N5O3. The Labute approximate surface area is 162 Å². The van der Waals surface area contributed by atoms with Crippen LogP contribution < -0.4 is 5.32 Å². The van der Waals surface area contributed by atoms with E-state index in [9.17, 15) is 9.59 Å². The van der Waals surface area contributed by atoms with Crippen molar-refractivity contribution in [3.05, 3.63) is 66.4 Å². The Hall–Kier alpha value is -3.55. The Morgan fingerprint density at radius 3 is 2.86 bits per heavy atom. The van der Waals surface area contributed by atoms with Gasteiger partial charge >= 0.3 is 5.97 Å². The van der Waals surface area contributed by atoms with Crippen LogP contribution in [0.1, 0.15) is 34.6 Å². The van der Waals surface area contributed by atoms with Gasteiger partial charge in [0, 0.05) is 23.4 Å². The molecule has 0 radical (unpaired) electrons. The highest BCUT2D eigenvalue weighted by Crippen LogP contribution is 2.23. The Morgan fingerprint density at radius 1 is 1.25 bits per heavy atom. The summed E-state index contributed by atoms with van der Waals surface area (Å²) in [7, 11) is 0. The summed E-state index contributed by atoms with van der Waals surface area (Å²) in [5, 5.41) is 6.96. The summed E-state index contributed by atoms with van der Waals surface area (Å²) in [5.41, 5.74) is 1.98. The van der Waals surface area contributed by atoms with Gasteiger partial charge in [-0.3, -0.25) is 14.5 Å². The molecule has 3 rings (SSSR count). The third-order valence-corrected chi connectivity index (χ3v) is 4.01. The highest BCUT2D eigenvalue weighted by atomic mass is 16.5. The number of hydrogen-bond acceptors (Lipinski definition) is 6. The first-order chi connectivity index (χ1) is 13.6. The number of ether oxygens (including phenoxy) is 1. The van der Waals surface area contributed by atoms with Gasteiger partial charge in [-0.1, -0.05) is 12.1 Å². The first kappa shape index (κ1) is 19.2. The highest BCUT2D eigenvalue weighted by molar-refractivity contribution is 5.98. The highest BCUT2D eigenvalue weighted by Gasteiger charge is 2.17. The molecule has 0 saturated heterocycles. The smallest absolute Gasteiger partial charge is 0.340 e. The largest absolute Gasteiger partial charge is 0.462 e. The van der Waals surface area contributed by atoms with Crippen molar-refractivity contribution in [1.82, 2.24) is 25.1 Å². The molecule has 3 aromatic rings. The minimum atomic E-state index is -0.443. The molecule has 0 bridgehead atoms. The zero-order chi connectivity index (χ0) is 19.9. The maximum Gasteiger partial charge on any atom is 0.340 e. The molecule has 0 fully saturated rings. The number of aromatic nitrogens is 4. The molecule has 0 unspecified atom stereocenters. The number of nitrogens with one attached hydrogen (secondary N) is 1. The molecule has 1 aromatic carbocycles. The van der Waals surface area contributed by atoms with Crippen LogP contribution in [-0.2, 0) is 11.3 Å². The number of carbonyl (C=O) groups is 2. The molecule has 8 nitrogen and oxygen atoms in total. The maximum atomic E-state index is 12.6. The average Bonchev–Trinajstić information content (AvgIpc) is 3.21. The maximum absolute atomic E-state index is 12.6. The van der Waals surface area contributed by atoms with Crippen molar-refractivity contribution < 1.29 is 14.3 Å². The summed E-state index contributed by atoms with van der Waals surface area (Å²) >= 11 is 0. The van der Waals surface area contributed by atoms with E-state index >= 15 is 0 Å². The standard InChI is InChI=1S/C20H21N5O3/c1-3-28-20(27)17-8-5-9-22-18(17)15-6-4-7-16(10-15)19(26)24-14(2)11-25-13-21-12-23-25/h4-10,12-14H,3,11H2,1-2H3,(H,24,26)/t14-/m1/s1. The van der Waals surface area contributed by atoms with E-state index in [0.717, 1.165) is 0 Å². The van der Waals surface area contributed by atoms with E-state index in [1.54, 1.807) is 60.5 Å². The third-order valence-electron chi connectivity index (χ3n) is 4.01. The van der Waals surface area contributed by atoms with Gasteiger partial charge in [0.2, 0.25) is 0 Å². The molecule has 0 aliphatic carbocycles. The summed E-state index contributed by atoms with van der Waals surface area (Å²) < 4.78 is 6.75. The lowest BCUT2D eigenvalue weighted by Crippen LogP contribution is -2.35. The minimum absolute atomic E-state index is 0.136. The number of rotatable bonds is 7. The molecule has 2 aromatic heterocycles. The SMILES string of the molecule is CCOC(=O)c1cccnc1-c1cccc(C(=O)N[C@H](C)Cn2cncn2)c1. The lowest BCUT2D eigenvalue weighted by Gasteiger charge is -2.14. The number of nitrogens with zero attached hydrogens (tertiary/aromatic N) is 4. The molecule has 2 heterocycles. The van der Waals surface area contributed by atoms with E-state index in [4.69, 9.17) is 4.74 Å². The van der Waals surface area contributed by atoms with E-state index in [0.29, 0.717) is 28.9 Å². The van der Waals surface area contributed by atoms with E-state index in [-0.39, 0.29) is 18.6 Å². The fraction of sp³-hybridized carbons (Fsp3) is 0.250. The lowest BCUT2D eigenvalue weighted by atomic mass is 10.0. The lowest BCUT2D eigenvalue weighted by molar-refractivity contribution is 0.0526. The molecule has 144 valence electrons. The van der Waals surface area contributed by atoms with Gasteiger partial charge in [0.1, 0.15) is 12.7 Å². The number of pyridine rings is 1. The van der Waals surface area contributed by atoms with Crippen LogP contribution >= 0.6 is 0 Å². The number of benzene rings is 1. The van der Waals surface area contributed by atoms with Crippen LogP contribution in [0.15, 0.2) is 55.2 Å². The summed E-state index contributed by atoms with van der Waals surface area (Å²) in [6.45, 7) is 4.43. The predicted molar refractivity (Wildman–Crippen MR) is 103 cm³/mol. The normalized spacial score (nSPS) is 11.6. The van der Waals surface area contributed by atoms with Crippen LogP contribution in [0.2, 0.25) is 0 Å². The first-order valence-electron chi connectivity index (χ1n) is 8.94. The third kappa shape index (κ3) is 4.59. The van der Waals surface area contributed by atoms with E-state index < -0.39 is 5.97 Å². The average molecular weight is 379 g/mol. The van der Waals surface area contributed by atoms with E-state index in [1.165, 1.54) is 6.33 Å². The Morgan fingerprint density at radius 2 is 2.11 bits per heavy atom. The van der Waals surface area contributed by atoms with Crippen molar-refractivity contribution in [3.63, 3.8) is 0 Å². The number of carbonyl (C=O) groups excluding carboxylic acids is 2. The van der Waals surface area contributed by atoms with Gasteiger partial charge in [0.05, 0.1) is 24.4 Å². The van der Waals surface area contributed by atoms with E-state index in [2.05, 4.69) is 20.4 Å². The van der Waals surface area contributed by atoms with Crippen molar-refractivity contribution >= 4 is 11.9 Å². The molecule has 0 spiro atoms. The molecule has 28 heavy (non-hydrogen) atoms. The zero-order valence-corrected chi connectivity index (χ0v) is 15.7. The zero-order valence-electron chi connectivity index (χ0n) is 15.7. The minimum Gasteiger partial charge on any atom is -0.462 e. The molecular weight excluding hydrogens is 358 g/mol. The van der Waals surface area contributed by atoms with Gasteiger partial charge in [0.15, 0.2) is 0 Å². The fourth-order valence-corrected chi connectivity index (χ4v) is 2.78. The predicted octanol–water partition coefficient (Wildman–Crippen LogP) is 2.34. The second-order valence-corrected chi connectivity index (χ2v) is 6.19. The van der Waals surface area contributed by atoms with Crippen molar-refractivity contribution in [2.45, 2.75) is 26.4 Å². The van der Waals surface area contributed by atoms with Crippen LogP contribution in [0.3, 0.4) is 0 Å². The second-order valence-electron chi connectivity index (χ2n) is 6.19. The summed E-state index contributed by atoms with van der Waals surface area (Å²) in [4.78, 5) is 33.0. The summed E-state index contributed by atoms with van der Waals surface area (Å²) in [6, 6.07) is 10.2. The van der Waals surface area contributed by atoms with Gasteiger partial charge in [-0.15, -0.1) is 0 Å². The number of esters is 1. The van der Waals surface area contributed by atoms with Crippen LogP contribution in [0, 0.1) is 0 Å². The van der Waals surface area contributed by atoms with Gasteiger partial charge in [-0.05, 0) is 38.1 Å². The second kappa shape index (κ2) is 8.90. The van der Waals surface area contributed by atoms with Gasteiger partial charge < -0.3 is 10.1 Å². The topological polar surface area (TPSA) is 99.0 Å². The molecule has 0 saturated carbocycles. The Kier molecular flexibility index (Phi) is 6.11. The summed E-state index contributed by atoms with van der Waals surface area (Å²) in [5.74, 6) is -0.662. The van der Waals surface area contributed by atoms with Crippen molar-refractivity contribution in [2.75, 3.05) is 6.61 Å². The molecule has 1 atom stereocenters. The molecule has 8 heteroatoms. The van der Waals surface area contributed by atoms with Crippen LogP contribution in [0.25, 0.3) is 11.3 Å². The Bertz CT molecular complexity index is 956. The van der Waals surface area contributed by atoms with Crippen molar-refractivity contribution in [1.29, 1.82) is 0 Å². The monoisotopic (exact) mass is 379 g/mol. The van der Waals surface area contributed by atoms with Crippen LogP contribution in [0.5, 0.6) is 0 Å². The first-order valence-corrected chi connectivity index (χ1v) is 8.94. The molecule has 1 amide bonds. The molecule has 1 N–H and O–H groups in total. The van der Waals surface area contributed by atoms with Crippen molar-refractivity contribution in [3.8, 4) is 11.3 Å². The fourth-order valence-electron chi connectivity index (χ4n) is 2.78.